The lowest BCUT2D eigenvalue weighted by atomic mass is 10.1. The van der Waals surface area contributed by atoms with Crippen LogP contribution in [-0.4, -0.2) is 39.0 Å². The molecule has 0 aliphatic rings. The van der Waals surface area contributed by atoms with Gasteiger partial charge in [-0.05, 0) is 0 Å². The number of primary sulfonamides is 1. The Morgan fingerprint density at radius 1 is 1.11 bits per heavy atom. The number of carbonyl (C=O) groups excluding carboxylic acids is 1. The highest BCUT2D eigenvalue weighted by atomic mass is 32.2. The van der Waals surface area contributed by atoms with E-state index in [0.717, 1.165) is 0 Å². The van der Waals surface area contributed by atoms with E-state index < -0.39 is 46.5 Å². The van der Waals surface area contributed by atoms with Crippen molar-refractivity contribution >= 4 is 15.9 Å². The summed E-state index contributed by atoms with van der Waals surface area (Å²) >= 11 is 0. The van der Waals surface area contributed by atoms with Crippen molar-refractivity contribution in [2.24, 2.45) is 11.1 Å². The fourth-order valence-corrected chi connectivity index (χ4v) is 1.29. The molecule has 0 aromatic carbocycles. The van der Waals surface area contributed by atoms with E-state index in [0.29, 0.717) is 0 Å². The topological polar surface area (TPSA) is 89.3 Å². The van der Waals surface area contributed by atoms with Crippen LogP contribution in [0.15, 0.2) is 0 Å². The van der Waals surface area contributed by atoms with Crippen molar-refractivity contribution in [2.45, 2.75) is 12.4 Å². The molecule has 0 atom stereocenters. The predicted octanol–water partition coefficient (Wildman–Crippen LogP) is 0.132. The smallest absolute Gasteiger partial charge is 0.354 e. The van der Waals surface area contributed by atoms with Gasteiger partial charge in [0.25, 0.3) is 0 Å². The molecule has 0 unspecified atom stereocenters. The van der Waals surface area contributed by atoms with Crippen molar-refractivity contribution in [3.05, 3.63) is 0 Å². The maximum Gasteiger partial charge on any atom is 0.409 e. The minimum Gasteiger partial charge on any atom is -0.354 e. The van der Waals surface area contributed by atoms with Crippen LogP contribution in [-0.2, 0) is 14.8 Å². The Bertz CT molecular complexity index is 387. The minimum atomic E-state index is -5.82. The number of alkyl halides is 6. The molecule has 0 saturated carbocycles. The molecule has 0 saturated heterocycles. The van der Waals surface area contributed by atoms with E-state index in [2.05, 4.69) is 5.14 Å². The van der Waals surface area contributed by atoms with Crippen LogP contribution in [0.3, 0.4) is 0 Å². The lowest BCUT2D eigenvalue weighted by Crippen LogP contribution is -2.48. The highest BCUT2D eigenvalue weighted by Gasteiger charge is 2.60. The molecular formula is C6H8F6N2O3S. The zero-order valence-corrected chi connectivity index (χ0v) is 9.29. The van der Waals surface area contributed by atoms with Crippen LogP contribution in [0.2, 0.25) is 0 Å². The minimum absolute atomic E-state index is 0.944. The van der Waals surface area contributed by atoms with Crippen molar-refractivity contribution in [3.63, 3.8) is 0 Å². The number of rotatable bonds is 4. The van der Waals surface area contributed by atoms with Gasteiger partial charge in [0, 0.05) is 6.54 Å². The fraction of sp³-hybridized carbons (Fsp3) is 0.833. The highest BCUT2D eigenvalue weighted by molar-refractivity contribution is 7.89. The van der Waals surface area contributed by atoms with Gasteiger partial charge in [-0.15, -0.1) is 0 Å². The first-order chi connectivity index (χ1) is 7.75. The number of carbonyl (C=O) groups is 1. The Balaban J connectivity index is 4.72. The number of hydrogen-bond acceptors (Lipinski definition) is 3. The van der Waals surface area contributed by atoms with Crippen molar-refractivity contribution < 1.29 is 39.6 Å². The van der Waals surface area contributed by atoms with Gasteiger partial charge in [0.1, 0.15) is 0 Å². The fourth-order valence-electron chi connectivity index (χ4n) is 0.901. The summed E-state index contributed by atoms with van der Waals surface area (Å²) in [6.07, 6.45) is -11.6. The van der Waals surface area contributed by atoms with E-state index in [1.807, 2.05) is 0 Å². The normalized spacial score (nSPS) is 13.8. The van der Waals surface area contributed by atoms with Gasteiger partial charge in [-0.1, -0.05) is 0 Å². The Hall–Kier alpha value is -1.04. The average Bonchev–Trinajstić information content (AvgIpc) is 1.93. The summed E-state index contributed by atoms with van der Waals surface area (Å²) in [6, 6.07) is 0. The number of nitrogens with two attached hydrogens (primary N) is 1. The van der Waals surface area contributed by atoms with Crippen LogP contribution in [0.4, 0.5) is 26.3 Å². The molecule has 0 spiro atoms. The second-order valence-corrected chi connectivity index (χ2v) is 4.91. The molecule has 0 radical (unpaired) electrons. The van der Waals surface area contributed by atoms with Crippen molar-refractivity contribution in [2.75, 3.05) is 12.3 Å². The van der Waals surface area contributed by atoms with Gasteiger partial charge in [-0.3, -0.25) is 4.79 Å². The number of nitrogens with one attached hydrogen (secondary N) is 1. The first-order valence-corrected chi connectivity index (χ1v) is 5.88. The molecule has 1 amide bonds. The number of sulfonamides is 1. The molecule has 12 heteroatoms. The maximum absolute atomic E-state index is 12.0. The predicted molar refractivity (Wildman–Crippen MR) is 46.6 cm³/mol. The molecule has 0 bridgehead atoms. The molecule has 0 aliphatic heterocycles. The zero-order valence-electron chi connectivity index (χ0n) is 8.47. The Morgan fingerprint density at radius 3 is 1.78 bits per heavy atom. The van der Waals surface area contributed by atoms with Gasteiger partial charge < -0.3 is 5.32 Å². The number of amides is 1. The quantitative estimate of drug-likeness (QED) is 0.724. The molecule has 5 nitrogen and oxygen atoms in total. The van der Waals surface area contributed by atoms with Crippen LogP contribution in [0.5, 0.6) is 0 Å². The summed E-state index contributed by atoms with van der Waals surface area (Å²) in [5, 5.41) is 5.66. The largest absolute Gasteiger partial charge is 0.409 e. The summed E-state index contributed by atoms with van der Waals surface area (Å²) in [6.45, 7) is -0.944. The van der Waals surface area contributed by atoms with Crippen LogP contribution >= 0.6 is 0 Å². The molecule has 0 fully saturated rings. The summed E-state index contributed by atoms with van der Waals surface area (Å²) < 4.78 is 92.7. The molecular weight excluding hydrogens is 294 g/mol. The summed E-state index contributed by atoms with van der Waals surface area (Å²) in [5.74, 6) is -7.55. The first kappa shape index (κ1) is 17.0. The van der Waals surface area contributed by atoms with E-state index in [-0.39, 0.29) is 0 Å². The van der Waals surface area contributed by atoms with E-state index in [9.17, 15) is 39.6 Å². The zero-order chi connectivity index (χ0) is 14.8. The molecule has 3 N–H and O–H groups in total. The Kier molecular flexibility index (Phi) is 4.99. The van der Waals surface area contributed by atoms with Crippen molar-refractivity contribution in [1.82, 2.24) is 5.32 Å². The third-order valence-corrected chi connectivity index (χ3v) is 2.38. The van der Waals surface area contributed by atoms with Gasteiger partial charge in [-0.25, -0.2) is 13.6 Å². The lowest BCUT2D eigenvalue weighted by molar-refractivity contribution is -0.274. The molecule has 0 aromatic rings. The first-order valence-electron chi connectivity index (χ1n) is 4.17. The van der Waals surface area contributed by atoms with Crippen LogP contribution in [0.1, 0.15) is 0 Å². The van der Waals surface area contributed by atoms with Crippen molar-refractivity contribution in [3.8, 4) is 0 Å². The summed E-state index contributed by atoms with van der Waals surface area (Å²) in [4.78, 5) is 10.7. The second-order valence-electron chi connectivity index (χ2n) is 3.17. The second kappa shape index (κ2) is 5.30. The Labute approximate surface area is 97.4 Å². The van der Waals surface area contributed by atoms with E-state index in [4.69, 9.17) is 0 Å². The Morgan fingerprint density at radius 2 is 1.50 bits per heavy atom. The standard InChI is InChI=1S/C6H8F6N2O3S/c7-5(8,9)3(6(10,11)12)4(15)14-1-2-18(13,16)17/h3H,1-2H2,(H,14,15)(H2,13,16,17). The van der Waals surface area contributed by atoms with E-state index in [1.54, 1.807) is 0 Å². The van der Waals surface area contributed by atoms with Gasteiger partial charge in [-0.2, -0.15) is 26.3 Å². The molecule has 0 rings (SSSR count). The third kappa shape index (κ3) is 6.05. The van der Waals surface area contributed by atoms with Gasteiger partial charge in [0.2, 0.25) is 21.8 Å². The van der Waals surface area contributed by atoms with Crippen LogP contribution in [0.25, 0.3) is 0 Å². The number of halogens is 6. The molecule has 18 heavy (non-hydrogen) atoms. The van der Waals surface area contributed by atoms with Gasteiger partial charge in [0.05, 0.1) is 5.75 Å². The maximum atomic E-state index is 12.0. The average molecular weight is 302 g/mol. The highest BCUT2D eigenvalue weighted by Crippen LogP contribution is 2.39. The molecule has 0 heterocycles. The van der Waals surface area contributed by atoms with Crippen LogP contribution < -0.4 is 10.5 Å². The van der Waals surface area contributed by atoms with E-state index in [1.165, 1.54) is 5.32 Å². The molecule has 0 aliphatic carbocycles. The number of hydrogen-bond donors (Lipinski definition) is 2. The monoisotopic (exact) mass is 302 g/mol. The summed E-state index contributed by atoms with van der Waals surface area (Å²) in [5.41, 5.74) is 0. The summed E-state index contributed by atoms with van der Waals surface area (Å²) in [7, 11) is -4.09. The SMILES string of the molecule is NS(=O)(=O)CCNC(=O)C(C(F)(F)F)C(F)(F)F. The van der Waals surface area contributed by atoms with Crippen LogP contribution in [0, 0.1) is 5.92 Å². The van der Waals surface area contributed by atoms with Gasteiger partial charge >= 0.3 is 12.4 Å². The molecule has 108 valence electrons. The van der Waals surface area contributed by atoms with E-state index >= 15 is 0 Å². The van der Waals surface area contributed by atoms with Crippen molar-refractivity contribution in [1.29, 1.82) is 0 Å². The lowest BCUT2D eigenvalue weighted by Gasteiger charge is -2.21. The third-order valence-electron chi connectivity index (χ3n) is 1.60. The van der Waals surface area contributed by atoms with Gasteiger partial charge in [0.15, 0.2) is 0 Å². The molecule has 0 aromatic heterocycles.